The molecule has 2 N–H and O–H groups in total. The monoisotopic (exact) mass is 351 g/mol. The van der Waals surface area contributed by atoms with Gasteiger partial charge in [0.1, 0.15) is 6.10 Å². The van der Waals surface area contributed by atoms with Gasteiger partial charge in [0.2, 0.25) is 0 Å². The van der Waals surface area contributed by atoms with Crippen LogP contribution in [0.2, 0.25) is 0 Å². The second kappa shape index (κ2) is 6.50. The van der Waals surface area contributed by atoms with E-state index in [2.05, 4.69) is 18.7 Å². The molecule has 5 heteroatoms. The van der Waals surface area contributed by atoms with Crippen molar-refractivity contribution in [1.82, 2.24) is 4.90 Å². The standard InChI is InChI=1S/C20H33NO4/c1-12-8-16-13(10-20(2)17(23)9-15(22)18(12)20)14(19(24)25-16)11-21-6-4-3-5-7-21/h12-18,22-23H,3-11H2,1-2H3/t12-,13-,14-,15+,16-,17-,18-,20-/m1/s1. The summed E-state index contributed by atoms with van der Waals surface area (Å²) < 4.78 is 5.82. The van der Waals surface area contributed by atoms with Crippen LogP contribution in [-0.4, -0.2) is 59.0 Å². The van der Waals surface area contributed by atoms with Gasteiger partial charge in [-0.15, -0.1) is 0 Å². The maximum atomic E-state index is 12.6. The molecule has 4 rings (SSSR count). The van der Waals surface area contributed by atoms with Crippen LogP contribution in [0.4, 0.5) is 0 Å². The number of carbonyl (C=O) groups is 1. The number of aliphatic hydroxyl groups excluding tert-OH is 2. The summed E-state index contributed by atoms with van der Waals surface area (Å²) in [6.45, 7) is 7.24. The van der Waals surface area contributed by atoms with Gasteiger partial charge in [0.05, 0.1) is 18.1 Å². The Morgan fingerprint density at radius 1 is 1.20 bits per heavy atom. The van der Waals surface area contributed by atoms with E-state index in [1.54, 1.807) is 0 Å². The van der Waals surface area contributed by atoms with Crippen LogP contribution in [0.1, 0.15) is 52.4 Å². The third kappa shape index (κ3) is 2.92. The third-order valence-electron chi connectivity index (χ3n) is 7.76. The smallest absolute Gasteiger partial charge is 0.310 e. The van der Waals surface area contributed by atoms with E-state index in [4.69, 9.17) is 4.74 Å². The van der Waals surface area contributed by atoms with Crippen LogP contribution in [-0.2, 0) is 9.53 Å². The SMILES string of the molecule is C[C@@H]1C[C@H]2OC(=O)[C@H](CN3CCCCC3)[C@H]2C[C@@]2(C)[C@H]1[C@@H](O)C[C@H]2O. The maximum absolute atomic E-state index is 12.6. The Labute approximate surface area is 150 Å². The van der Waals surface area contributed by atoms with Gasteiger partial charge < -0.3 is 19.8 Å². The van der Waals surface area contributed by atoms with Crippen molar-refractivity contribution in [3.63, 3.8) is 0 Å². The van der Waals surface area contributed by atoms with Gasteiger partial charge in [0.25, 0.3) is 0 Å². The minimum atomic E-state index is -0.486. The molecule has 0 aromatic heterocycles. The molecule has 2 aliphatic heterocycles. The van der Waals surface area contributed by atoms with E-state index < -0.39 is 12.2 Å². The molecule has 2 saturated heterocycles. The zero-order chi connectivity index (χ0) is 17.8. The van der Waals surface area contributed by atoms with Crippen molar-refractivity contribution in [1.29, 1.82) is 0 Å². The predicted molar refractivity (Wildman–Crippen MR) is 93.8 cm³/mol. The minimum absolute atomic E-state index is 0.0390. The molecular weight excluding hydrogens is 318 g/mol. The van der Waals surface area contributed by atoms with Crippen LogP contribution in [0, 0.1) is 29.1 Å². The lowest BCUT2D eigenvalue weighted by molar-refractivity contribution is -0.145. The normalized spacial score (nSPS) is 50.9. The minimum Gasteiger partial charge on any atom is -0.462 e. The second-order valence-electron chi connectivity index (χ2n) is 9.37. The molecule has 0 bridgehead atoms. The van der Waals surface area contributed by atoms with Crippen molar-refractivity contribution < 1.29 is 19.7 Å². The van der Waals surface area contributed by atoms with Crippen LogP contribution in [0.25, 0.3) is 0 Å². The highest BCUT2D eigenvalue weighted by Gasteiger charge is 2.60. The highest BCUT2D eigenvalue weighted by atomic mass is 16.6. The highest BCUT2D eigenvalue weighted by Crippen LogP contribution is 2.57. The van der Waals surface area contributed by atoms with Gasteiger partial charge in [0.15, 0.2) is 0 Å². The molecule has 142 valence electrons. The number of hydrogen-bond acceptors (Lipinski definition) is 5. The Kier molecular flexibility index (Phi) is 4.62. The Morgan fingerprint density at radius 2 is 1.92 bits per heavy atom. The zero-order valence-corrected chi connectivity index (χ0v) is 15.6. The highest BCUT2D eigenvalue weighted by molar-refractivity contribution is 5.75. The van der Waals surface area contributed by atoms with Crippen LogP contribution in [0.3, 0.4) is 0 Å². The molecule has 2 aliphatic carbocycles. The van der Waals surface area contributed by atoms with Crippen molar-refractivity contribution in [2.75, 3.05) is 19.6 Å². The number of aliphatic hydroxyl groups is 2. The summed E-state index contributed by atoms with van der Waals surface area (Å²) in [4.78, 5) is 15.0. The summed E-state index contributed by atoms with van der Waals surface area (Å²) in [6.07, 6.45) is 4.83. The first-order chi connectivity index (χ1) is 11.9. The predicted octanol–water partition coefficient (Wildman–Crippen LogP) is 1.81. The van der Waals surface area contributed by atoms with Crippen LogP contribution in [0.5, 0.6) is 0 Å². The van der Waals surface area contributed by atoms with Crippen molar-refractivity contribution in [2.24, 2.45) is 29.1 Å². The number of likely N-dealkylation sites (tertiary alicyclic amines) is 1. The van der Waals surface area contributed by atoms with Crippen molar-refractivity contribution in [3.05, 3.63) is 0 Å². The molecule has 25 heavy (non-hydrogen) atoms. The Bertz CT molecular complexity index is 520. The van der Waals surface area contributed by atoms with E-state index in [1.165, 1.54) is 19.3 Å². The van der Waals surface area contributed by atoms with E-state index in [0.717, 1.165) is 32.5 Å². The van der Waals surface area contributed by atoms with Crippen LogP contribution >= 0.6 is 0 Å². The van der Waals surface area contributed by atoms with E-state index in [-0.39, 0.29) is 41.2 Å². The van der Waals surface area contributed by atoms with E-state index in [9.17, 15) is 15.0 Å². The van der Waals surface area contributed by atoms with Crippen molar-refractivity contribution >= 4 is 5.97 Å². The maximum Gasteiger partial charge on any atom is 0.310 e. The van der Waals surface area contributed by atoms with Gasteiger partial charge in [0, 0.05) is 18.9 Å². The molecule has 0 spiro atoms. The second-order valence-corrected chi connectivity index (χ2v) is 9.37. The van der Waals surface area contributed by atoms with Gasteiger partial charge in [-0.25, -0.2) is 0 Å². The van der Waals surface area contributed by atoms with Gasteiger partial charge in [-0.3, -0.25) is 4.79 Å². The summed E-state index contributed by atoms with van der Waals surface area (Å²) in [6, 6.07) is 0. The van der Waals surface area contributed by atoms with Crippen molar-refractivity contribution in [2.45, 2.75) is 70.7 Å². The van der Waals surface area contributed by atoms with Gasteiger partial charge in [-0.1, -0.05) is 20.3 Å². The molecule has 0 aromatic carbocycles. The van der Waals surface area contributed by atoms with Crippen LogP contribution in [0.15, 0.2) is 0 Å². The summed E-state index contributed by atoms with van der Waals surface area (Å²) >= 11 is 0. The topological polar surface area (TPSA) is 70.0 Å². The fraction of sp³-hybridized carbons (Fsp3) is 0.950. The first kappa shape index (κ1) is 17.7. The molecule has 2 heterocycles. The van der Waals surface area contributed by atoms with Gasteiger partial charge >= 0.3 is 5.97 Å². The van der Waals surface area contributed by atoms with E-state index >= 15 is 0 Å². The summed E-state index contributed by atoms with van der Waals surface area (Å²) in [7, 11) is 0. The largest absolute Gasteiger partial charge is 0.462 e. The number of rotatable bonds is 2. The quantitative estimate of drug-likeness (QED) is 0.743. The number of hydrogen-bond donors (Lipinski definition) is 2. The Hall–Kier alpha value is -0.650. The molecule has 5 nitrogen and oxygen atoms in total. The molecule has 0 unspecified atom stereocenters. The lowest BCUT2D eigenvalue weighted by Gasteiger charge is -2.38. The number of carbonyl (C=O) groups excluding carboxylic acids is 1. The fourth-order valence-electron chi connectivity index (χ4n) is 6.51. The van der Waals surface area contributed by atoms with Gasteiger partial charge in [-0.05, 0) is 56.0 Å². The average molecular weight is 351 g/mol. The van der Waals surface area contributed by atoms with Crippen molar-refractivity contribution in [3.8, 4) is 0 Å². The Morgan fingerprint density at radius 3 is 2.64 bits per heavy atom. The summed E-state index contributed by atoms with van der Waals surface area (Å²) in [5.41, 5.74) is -0.313. The zero-order valence-electron chi connectivity index (χ0n) is 15.6. The number of piperidine rings is 1. The molecule has 2 saturated carbocycles. The number of nitrogens with zero attached hydrogens (tertiary/aromatic N) is 1. The lowest BCUT2D eigenvalue weighted by atomic mass is 9.68. The first-order valence-electron chi connectivity index (χ1n) is 10.2. The molecule has 4 aliphatic rings. The lowest BCUT2D eigenvalue weighted by Crippen LogP contribution is -2.41. The number of fused-ring (bicyclic) bond motifs is 2. The number of ether oxygens (including phenoxy) is 1. The van der Waals surface area contributed by atoms with E-state index in [1.807, 2.05) is 0 Å². The van der Waals surface area contributed by atoms with E-state index in [0.29, 0.717) is 6.42 Å². The molecular formula is C20H33NO4. The molecule has 0 radical (unpaired) electrons. The molecule has 0 aromatic rings. The molecule has 8 atom stereocenters. The number of esters is 1. The molecule has 4 fully saturated rings. The third-order valence-corrected chi connectivity index (χ3v) is 7.76. The summed E-state index contributed by atoms with van der Waals surface area (Å²) in [5, 5.41) is 21.2. The average Bonchev–Trinajstić information content (AvgIpc) is 2.91. The first-order valence-corrected chi connectivity index (χ1v) is 10.2. The van der Waals surface area contributed by atoms with Crippen LogP contribution < -0.4 is 0 Å². The fourth-order valence-corrected chi connectivity index (χ4v) is 6.51. The van der Waals surface area contributed by atoms with Gasteiger partial charge in [-0.2, -0.15) is 0 Å². The Balaban J connectivity index is 1.57. The molecule has 0 amide bonds. The summed E-state index contributed by atoms with van der Waals surface area (Å²) in [5.74, 6) is 0.418.